The predicted octanol–water partition coefficient (Wildman–Crippen LogP) is 3.68. The number of hydrogen-bond acceptors (Lipinski definition) is 7. The SMILES string of the molecule is C/C(=N\N=C=S)C1=CCC(/C(C)=N/SC#N)N1.[Cl][Fe][Cl]. The van der Waals surface area contributed by atoms with Gasteiger partial charge in [0.1, 0.15) is 0 Å². The fourth-order valence-corrected chi connectivity index (χ4v) is 1.73. The molecule has 1 heterocycles. The van der Waals surface area contributed by atoms with E-state index in [1.807, 2.05) is 25.3 Å². The van der Waals surface area contributed by atoms with Crippen molar-refractivity contribution in [3.63, 3.8) is 0 Å². The van der Waals surface area contributed by atoms with Crippen LogP contribution in [0.5, 0.6) is 0 Å². The molecular weight excluding hydrogens is 381 g/mol. The molecule has 0 saturated heterocycles. The Hall–Kier alpha value is -0.381. The Balaban J connectivity index is 0.00000110. The van der Waals surface area contributed by atoms with Gasteiger partial charge in [-0.25, -0.2) is 4.40 Å². The van der Waals surface area contributed by atoms with Crippen LogP contribution in [0.25, 0.3) is 0 Å². The van der Waals surface area contributed by atoms with E-state index in [9.17, 15) is 0 Å². The third-order valence-corrected chi connectivity index (χ3v) is 2.80. The molecule has 10 heteroatoms. The van der Waals surface area contributed by atoms with Crippen molar-refractivity contribution < 1.29 is 13.1 Å². The zero-order valence-electron chi connectivity index (χ0n) is 10.6. The Kier molecular flexibility index (Phi) is 12.1. The molecule has 0 bridgehead atoms. The van der Waals surface area contributed by atoms with Crippen molar-refractivity contribution in [2.75, 3.05) is 0 Å². The fourth-order valence-electron chi connectivity index (χ4n) is 1.37. The van der Waals surface area contributed by atoms with E-state index in [2.05, 4.69) is 37.3 Å². The van der Waals surface area contributed by atoms with Gasteiger partial charge in [0.15, 0.2) is 5.40 Å². The summed E-state index contributed by atoms with van der Waals surface area (Å²) in [5.74, 6) is 0. The minimum absolute atomic E-state index is 0.118. The summed E-state index contributed by atoms with van der Waals surface area (Å²) in [6.45, 7) is 3.73. The minimum atomic E-state index is 0.118. The van der Waals surface area contributed by atoms with Gasteiger partial charge in [-0.15, -0.1) is 5.10 Å². The van der Waals surface area contributed by atoms with E-state index < -0.39 is 0 Å². The van der Waals surface area contributed by atoms with Crippen molar-refractivity contribution in [3.8, 4) is 5.40 Å². The second-order valence-electron chi connectivity index (χ2n) is 3.39. The maximum absolute atomic E-state index is 8.42. The summed E-state index contributed by atoms with van der Waals surface area (Å²) in [5.41, 5.74) is 2.56. The number of allylic oxidation sites excluding steroid dienone is 1. The Morgan fingerprint density at radius 2 is 2.25 bits per heavy atom. The molecule has 0 fully saturated rings. The average Bonchev–Trinajstić information content (AvgIpc) is 2.93. The van der Waals surface area contributed by atoms with Crippen LogP contribution in [0.1, 0.15) is 20.3 Å². The molecule has 1 N–H and O–H groups in total. The monoisotopic (exact) mass is 391 g/mol. The second-order valence-corrected chi connectivity index (χ2v) is 5.95. The van der Waals surface area contributed by atoms with Crippen LogP contribution in [-0.2, 0) is 13.1 Å². The van der Waals surface area contributed by atoms with Gasteiger partial charge in [0.05, 0.1) is 34.6 Å². The number of thiocarbonyl (C=S) groups is 1. The molecule has 20 heavy (non-hydrogen) atoms. The van der Waals surface area contributed by atoms with Crippen molar-refractivity contribution in [2.24, 2.45) is 14.6 Å². The van der Waals surface area contributed by atoms with Gasteiger partial charge in [0, 0.05) is 5.71 Å². The van der Waals surface area contributed by atoms with Crippen LogP contribution in [0.4, 0.5) is 0 Å². The number of nitrogens with one attached hydrogen (secondary N) is 1. The molecule has 0 radical (unpaired) electrons. The van der Waals surface area contributed by atoms with E-state index in [-0.39, 0.29) is 19.2 Å². The van der Waals surface area contributed by atoms with Crippen LogP contribution in [0, 0.1) is 10.7 Å². The molecule has 0 aromatic rings. The van der Waals surface area contributed by atoms with Gasteiger partial charge >= 0.3 is 33.3 Å². The summed E-state index contributed by atoms with van der Waals surface area (Å²) in [7, 11) is 9.53. The first-order chi connectivity index (χ1) is 9.60. The van der Waals surface area contributed by atoms with E-state index in [0.29, 0.717) is 0 Å². The average molecular weight is 392 g/mol. The molecule has 5 nitrogen and oxygen atoms in total. The molecule has 1 aliphatic heterocycles. The first kappa shape index (κ1) is 19.6. The van der Waals surface area contributed by atoms with Gasteiger partial charge in [0.2, 0.25) is 0 Å². The number of thiocyanates is 1. The Labute approximate surface area is 142 Å². The van der Waals surface area contributed by atoms with E-state index >= 15 is 0 Å². The van der Waals surface area contributed by atoms with Crippen LogP contribution in [0.3, 0.4) is 0 Å². The van der Waals surface area contributed by atoms with Gasteiger partial charge in [0.25, 0.3) is 0 Å². The zero-order valence-corrected chi connectivity index (χ0v) is 14.8. The van der Waals surface area contributed by atoms with Crippen molar-refractivity contribution in [1.29, 1.82) is 5.26 Å². The third-order valence-electron chi connectivity index (χ3n) is 2.25. The van der Waals surface area contributed by atoms with Gasteiger partial charge < -0.3 is 5.32 Å². The second kappa shape index (κ2) is 12.4. The molecule has 1 unspecified atom stereocenters. The molecule has 0 amide bonds. The van der Waals surface area contributed by atoms with Crippen molar-refractivity contribution in [1.82, 2.24) is 5.32 Å². The molecule has 110 valence electrons. The molecule has 0 aromatic carbocycles. The van der Waals surface area contributed by atoms with Crippen LogP contribution in [0.15, 0.2) is 26.4 Å². The molecule has 1 rings (SSSR count). The molecule has 0 saturated carbocycles. The predicted molar refractivity (Wildman–Crippen MR) is 85.8 cm³/mol. The topological polar surface area (TPSA) is 72.9 Å². The van der Waals surface area contributed by atoms with Gasteiger partial charge in [-0.3, -0.25) is 0 Å². The van der Waals surface area contributed by atoms with Crippen molar-refractivity contribution in [2.45, 2.75) is 26.3 Å². The summed E-state index contributed by atoms with van der Waals surface area (Å²) < 4.78 is 4.06. The number of hydrogen-bond donors (Lipinski definition) is 1. The van der Waals surface area contributed by atoms with E-state index in [4.69, 9.17) is 25.5 Å². The number of rotatable bonds is 4. The molecule has 0 aromatic heterocycles. The first-order valence-electron chi connectivity index (χ1n) is 5.14. The summed E-state index contributed by atoms with van der Waals surface area (Å²) in [6.07, 6.45) is 2.85. The van der Waals surface area contributed by atoms with E-state index in [0.717, 1.165) is 35.5 Å². The standard InChI is InChI=1S/C10H11N5S2.2ClH.Fe/c1-7(14-12-6-16)9-3-4-10(13-9)8(2)15-17-5-11;;;/h3,10,13H,4H2,1-2H3;2*1H;/q;;;+2/p-2/b14-7+,15-8+;;;. The molecule has 1 atom stereocenters. The zero-order chi connectivity index (χ0) is 15.4. The Morgan fingerprint density at radius 1 is 1.60 bits per heavy atom. The van der Waals surface area contributed by atoms with E-state index in [1.165, 1.54) is 0 Å². The van der Waals surface area contributed by atoms with Crippen molar-refractivity contribution in [3.05, 3.63) is 11.8 Å². The van der Waals surface area contributed by atoms with Crippen molar-refractivity contribution >= 4 is 60.9 Å². The maximum atomic E-state index is 8.42. The Morgan fingerprint density at radius 3 is 2.80 bits per heavy atom. The van der Waals surface area contributed by atoms with Crippen LogP contribution in [0.2, 0.25) is 0 Å². The fraction of sp³-hybridized carbons (Fsp3) is 0.400. The van der Waals surface area contributed by atoms with Crippen LogP contribution < -0.4 is 5.32 Å². The normalized spacial score (nSPS) is 18.1. The molecule has 0 aliphatic carbocycles. The quantitative estimate of drug-likeness (QED) is 0.198. The number of nitrogens with zero attached hydrogens (tertiary/aromatic N) is 4. The summed E-state index contributed by atoms with van der Waals surface area (Å²) in [6, 6.07) is 0.118. The third kappa shape index (κ3) is 8.03. The van der Waals surface area contributed by atoms with Gasteiger partial charge in [-0.2, -0.15) is 5.26 Å². The molecular formula is C10H11Cl2FeN5S2. The van der Waals surface area contributed by atoms with E-state index in [1.54, 1.807) is 0 Å². The number of halogens is 2. The van der Waals surface area contributed by atoms with Gasteiger partial charge in [-0.05, 0) is 32.5 Å². The summed E-state index contributed by atoms with van der Waals surface area (Å²) in [4.78, 5) is 0. The number of isothiocyanates is 1. The summed E-state index contributed by atoms with van der Waals surface area (Å²) >= 11 is 5.52. The molecule has 0 spiro atoms. The van der Waals surface area contributed by atoms with Gasteiger partial charge in [-0.1, -0.05) is 11.2 Å². The van der Waals surface area contributed by atoms with Crippen LogP contribution >= 0.6 is 44.4 Å². The number of nitriles is 1. The summed E-state index contributed by atoms with van der Waals surface area (Å²) in [5, 5.41) is 23.2. The van der Waals surface area contributed by atoms with Crippen LogP contribution in [-0.4, -0.2) is 22.6 Å². The first-order valence-corrected chi connectivity index (χ1v) is 9.36. The Bertz CT molecular complexity index is 494. The molecule has 1 aliphatic rings.